The second-order valence-electron chi connectivity index (χ2n) is 11.0. The Bertz CT molecular complexity index is 713. The number of urea groups is 1. The average molecular weight is 561 g/mol. The van der Waals surface area contributed by atoms with E-state index in [1.54, 1.807) is 4.90 Å². The van der Waals surface area contributed by atoms with Gasteiger partial charge in [-0.1, -0.05) is 39.9 Å². The quantitative estimate of drug-likeness (QED) is 0.145. The maximum absolute atomic E-state index is 12.3. The molecule has 200 valence electrons. The first-order valence-corrected chi connectivity index (χ1v) is 15.9. The molecule has 0 aromatic heterocycles. The van der Waals surface area contributed by atoms with Crippen LogP contribution in [-0.2, 0) is 4.79 Å². The molecule has 10 heteroatoms. The summed E-state index contributed by atoms with van der Waals surface area (Å²) in [7, 11) is 0. The summed E-state index contributed by atoms with van der Waals surface area (Å²) in [4.78, 5) is 32.9. The van der Waals surface area contributed by atoms with E-state index in [0.717, 1.165) is 59.8 Å². The lowest BCUT2D eigenvalue weighted by Gasteiger charge is -2.31. The van der Waals surface area contributed by atoms with Crippen molar-refractivity contribution < 1.29 is 9.59 Å². The van der Waals surface area contributed by atoms with Crippen molar-refractivity contribution in [3.05, 3.63) is 0 Å². The number of carbonyl (C=O) groups excluding carboxylic acids is 2. The fourth-order valence-corrected chi connectivity index (χ4v) is 7.59. The van der Waals surface area contributed by atoms with E-state index in [4.69, 9.17) is 24.4 Å². The van der Waals surface area contributed by atoms with Crippen LogP contribution in [0.5, 0.6) is 0 Å². The molecule has 0 saturated carbocycles. The van der Waals surface area contributed by atoms with Crippen molar-refractivity contribution in [2.75, 3.05) is 62.3 Å². The summed E-state index contributed by atoms with van der Waals surface area (Å²) in [6.45, 7) is 16.9. The monoisotopic (exact) mass is 560 g/mol. The van der Waals surface area contributed by atoms with Crippen molar-refractivity contribution in [1.82, 2.24) is 19.6 Å². The molecule has 0 aliphatic carbocycles. The Morgan fingerprint density at radius 2 is 1.29 bits per heavy atom. The van der Waals surface area contributed by atoms with Crippen LogP contribution in [-0.4, -0.2) is 104 Å². The van der Waals surface area contributed by atoms with E-state index < -0.39 is 0 Å². The van der Waals surface area contributed by atoms with Crippen molar-refractivity contribution in [2.24, 2.45) is 10.8 Å². The predicted octanol–water partition coefficient (Wildman–Crippen LogP) is 5.21. The lowest BCUT2D eigenvalue weighted by atomic mass is 9.89. The number of hydrogen-bond donors (Lipinski definition) is 0. The van der Waals surface area contributed by atoms with E-state index in [1.165, 1.54) is 17.1 Å². The van der Waals surface area contributed by atoms with Gasteiger partial charge < -0.3 is 14.7 Å². The Balaban J connectivity index is 1.55. The van der Waals surface area contributed by atoms with Gasteiger partial charge in [-0.25, -0.2) is 4.79 Å². The summed E-state index contributed by atoms with van der Waals surface area (Å²) >= 11 is 15.2. The van der Waals surface area contributed by atoms with Crippen molar-refractivity contribution in [1.29, 1.82) is 0 Å². The predicted molar refractivity (Wildman–Crippen MR) is 160 cm³/mol. The number of hydrogen-bond acceptors (Lipinski definition) is 6. The zero-order chi connectivity index (χ0) is 26.2. The zero-order valence-electron chi connectivity index (χ0n) is 22.4. The summed E-state index contributed by atoms with van der Waals surface area (Å²) in [6.07, 6.45) is 3.35. The van der Waals surface area contributed by atoms with Crippen LogP contribution in [0.2, 0.25) is 0 Å². The number of carbonyl (C=O) groups is 2. The van der Waals surface area contributed by atoms with Gasteiger partial charge in [0.2, 0.25) is 5.91 Å². The Morgan fingerprint density at radius 3 is 1.74 bits per heavy atom. The SMILES string of the molecule is CCN1CC(=O)N(CC(C)(C)CCSCCCSCCC(C)(C)CN2C(=S)CN(CC)C2=S)C1=O. The number of thiocarbonyl (C=S) groups is 2. The molecule has 3 amide bonds. The van der Waals surface area contributed by atoms with E-state index in [9.17, 15) is 9.59 Å². The normalized spacial score (nSPS) is 17.5. The van der Waals surface area contributed by atoms with Crippen LogP contribution in [0.15, 0.2) is 0 Å². The standard InChI is InChI=1S/C25H44N4O2S4/c1-7-26-16-20(30)28(22(26)31)18-24(3,4)10-14-34-12-9-13-35-15-11-25(5,6)19-29-21(32)17-27(8-2)23(29)33/h7-19H2,1-6H3. The van der Waals surface area contributed by atoms with Gasteiger partial charge in [-0.2, -0.15) is 23.5 Å². The van der Waals surface area contributed by atoms with E-state index >= 15 is 0 Å². The molecule has 2 aliphatic heterocycles. The van der Waals surface area contributed by atoms with E-state index in [1.807, 2.05) is 30.4 Å². The molecule has 0 atom stereocenters. The smallest absolute Gasteiger partial charge is 0.327 e. The molecule has 0 unspecified atom stereocenters. The molecule has 0 N–H and O–H groups in total. The third-order valence-electron chi connectivity index (χ3n) is 6.62. The molecule has 2 saturated heterocycles. The van der Waals surface area contributed by atoms with Crippen LogP contribution >= 0.6 is 48.0 Å². The first-order valence-electron chi connectivity index (χ1n) is 12.7. The van der Waals surface area contributed by atoms with Gasteiger partial charge in [0.05, 0.1) is 6.54 Å². The highest BCUT2D eigenvalue weighted by molar-refractivity contribution is 8.00. The van der Waals surface area contributed by atoms with E-state index in [0.29, 0.717) is 13.1 Å². The Kier molecular flexibility index (Phi) is 12.1. The minimum absolute atomic E-state index is 0.0590. The minimum atomic E-state index is -0.132. The van der Waals surface area contributed by atoms with Gasteiger partial charge in [0.15, 0.2) is 5.11 Å². The fraction of sp³-hybridized carbons (Fsp3) is 0.840. The molecule has 6 nitrogen and oxygen atoms in total. The molecule has 2 aliphatic rings. The Labute approximate surface area is 232 Å². The van der Waals surface area contributed by atoms with Gasteiger partial charge in [0.25, 0.3) is 0 Å². The van der Waals surface area contributed by atoms with Gasteiger partial charge in [-0.05, 0) is 79.2 Å². The summed E-state index contributed by atoms with van der Waals surface area (Å²) in [5.41, 5.74) is 0.119. The fourth-order valence-electron chi connectivity index (χ4n) is 4.17. The second kappa shape index (κ2) is 13.8. The van der Waals surface area contributed by atoms with Crippen molar-refractivity contribution in [3.8, 4) is 0 Å². The zero-order valence-corrected chi connectivity index (χ0v) is 25.7. The first kappa shape index (κ1) is 30.6. The maximum atomic E-state index is 12.3. The topological polar surface area (TPSA) is 47.1 Å². The average Bonchev–Trinajstić information content (AvgIpc) is 3.21. The number of rotatable bonds is 16. The molecule has 0 aromatic rings. The lowest BCUT2D eigenvalue weighted by molar-refractivity contribution is -0.126. The Hall–Kier alpha value is -0.580. The van der Waals surface area contributed by atoms with E-state index in [2.05, 4.69) is 44.4 Å². The number of amides is 3. The lowest BCUT2D eigenvalue weighted by Crippen LogP contribution is -2.40. The highest BCUT2D eigenvalue weighted by Gasteiger charge is 2.38. The van der Waals surface area contributed by atoms with Crippen LogP contribution in [0, 0.1) is 10.8 Å². The molecular formula is C25H44N4O2S4. The molecular weight excluding hydrogens is 517 g/mol. The number of likely N-dealkylation sites (N-methyl/N-ethyl adjacent to an activating group) is 2. The molecule has 2 rings (SSSR count). The number of nitrogens with zero attached hydrogens (tertiary/aromatic N) is 4. The molecule has 0 aromatic carbocycles. The second-order valence-corrected chi connectivity index (χ2v) is 14.2. The molecule has 35 heavy (non-hydrogen) atoms. The van der Waals surface area contributed by atoms with Crippen LogP contribution < -0.4 is 0 Å². The third kappa shape index (κ3) is 9.34. The van der Waals surface area contributed by atoms with Gasteiger partial charge >= 0.3 is 6.03 Å². The highest BCUT2D eigenvalue weighted by Crippen LogP contribution is 2.29. The van der Waals surface area contributed by atoms with E-state index in [-0.39, 0.29) is 29.3 Å². The first-order chi connectivity index (χ1) is 16.4. The maximum Gasteiger partial charge on any atom is 0.327 e. The third-order valence-corrected chi connectivity index (χ3v) is 9.59. The van der Waals surface area contributed by atoms with Crippen molar-refractivity contribution in [3.63, 3.8) is 0 Å². The van der Waals surface area contributed by atoms with Gasteiger partial charge in [0.1, 0.15) is 11.5 Å². The summed E-state index contributed by atoms with van der Waals surface area (Å²) in [6, 6.07) is -0.132. The van der Waals surface area contributed by atoms with Gasteiger partial charge in [-0.3, -0.25) is 9.69 Å². The minimum Gasteiger partial charge on any atom is -0.342 e. The summed E-state index contributed by atoms with van der Waals surface area (Å²) in [5.74, 6) is 4.48. The molecule has 0 radical (unpaired) electrons. The van der Waals surface area contributed by atoms with Crippen LogP contribution in [0.3, 0.4) is 0 Å². The number of imide groups is 1. The van der Waals surface area contributed by atoms with Crippen molar-refractivity contribution >= 4 is 70.0 Å². The molecule has 0 bridgehead atoms. The van der Waals surface area contributed by atoms with Gasteiger partial charge in [-0.15, -0.1) is 0 Å². The van der Waals surface area contributed by atoms with Crippen molar-refractivity contribution in [2.45, 2.75) is 60.8 Å². The highest BCUT2D eigenvalue weighted by atomic mass is 32.2. The van der Waals surface area contributed by atoms with Gasteiger partial charge in [0, 0.05) is 26.2 Å². The van der Waals surface area contributed by atoms with Crippen LogP contribution in [0.25, 0.3) is 0 Å². The summed E-state index contributed by atoms with van der Waals surface area (Å²) in [5, 5.41) is 0.889. The Morgan fingerprint density at radius 1 is 0.771 bits per heavy atom. The molecule has 2 heterocycles. The molecule has 2 fully saturated rings. The molecule has 0 spiro atoms. The summed E-state index contributed by atoms with van der Waals surface area (Å²) < 4.78 is 0. The number of thioether (sulfide) groups is 2. The van der Waals surface area contributed by atoms with Crippen LogP contribution in [0.1, 0.15) is 60.8 Å². The largest absolute Gasteiger partial charge is 0.342 e. The van der Waals surface area contributed by atoms with Crippen LogP contribution in [0.4, 0.5) is 4.79 Å².